The third kappa shape index (κ3) is 11.0. The van der Waals surface area contributed by atoms with Gasteiger partial charge in [-0.15, -0.1) is 0 Å². The minimum absolute atomic E-state index is 0.0483. The molecule has 0 aromatic heterocycles. The molecule has 3 heteroatoms. The van der Waals surface area contributed by atoms with E-state index >= 15 is 0 Å². The van der Waals surface area contributed by atoms with E-state index in [-0.39, 0.29) is 23.2 Å². The van der Waals surface area contributed by atoms with Crippen LogP contribution in [0.15, 0.2) is 131 Å². The highest BCUT2D eigenvalue weighted by Crippen LogP contribution is 2.57. The molecule has 3 atom stereocenters. The van der Waals surface area contributed by atoms with Crippen molar-refractivity contribution in [1.29, 1.82) is 0 Å². The van der Waals surface area contributed by atoms with Gasteiger partial charge in [0.05, 0.1) is 11.7 Å². The summed E-state index contributed by atoms with van der Waals surface area (Å²) in [6.07, 6.45) is 34.1. The second kappa shape index (κ2) is 16.4. The van der Waals surface area contributed by atoms with Crippen LogP contribution < -0.4 is 0 Å². The van der Waals surface area contributed by atoms with Gasteiger partial charge in [0.15, 0.2) is 5.78 Å². The number of carbonyl (C=O) groups excluding carboxylic acids is 1. The fourth-order valence-corrected chi connectivity index (χ4v) is 5.55. The Morgan fingerprint density at radius 2 is 1.28 bits per heavy atom. The molecule has 0 aliphatic carbocycles. The van der Waals surface area contributed by atoms with E-state index in [2.05, 4.69) is 122 Å². The van der Waals surface area contributed by atoms with Crippen LogP contribution in [0, 0.1) is 17.3 Å². The molecule has 0 spiro atoms. The molecule has 0 amide bonds. The molecule has 1 N–H and O–H groups in total. The predicted molar refractivity (Wildman–Crippen MR) is 185 cm³/mol. The van der Waals surface area contributed by atoms with E-state index in [1.54, 1.807) is 0 Å². The molecular weight excluding hydrogens is 528 g/mol. The number of ketones is 1. The number of Topliss-reactive ketones (excluding diaryl/α,β-unsaturated/α-hetero) is 1. The van der Waals surface area contributed by atoms with Gasteiger partial charge in [0.25, 0.3) is 0 Å². The third-order valence-corrected chi connectivity index (χ3v) is 8.06. The lowest BCUT2D eigenvalue weighted by molar-refractivity contribution is -0.125. The molecule has 2 bridgehead atoms. The summed E-state index contributed by atoms with van der Waals surface area (Å²) in [4.78, 5) is 12.4. The van der Waals surface area contributed by atoms with Gasteiger partial charge < -0.3 is 9.84 Å². The molecule has 0 saturated carbocycles. The van der Waals surface area contributed by atoms with E-state index in [9.17, 15) is 9.90 Å². The highest BCUT2D eigenvalue weighted by atomic mass is 16.5. The number of hydrogen-bond acceptors (Lipinski definition) is 3. The highest BCUT2D eigenvalue weighted by molar-refractivity contribution is 5.90. The Bertz CT molecular complexity index is 1330. The average Bonchev–Trinajstić information content (AvgIpc) is 3.32. The number of rotatable bonds is 13. The smallest absolute Gasteiger partial charge is 0.167 e. The maximum atomic E-state index is 12.4. The molecule has 2 aliphatic rings. The molecule has 0 aromatic carbocycles. The molecule has 0 radical (unpaired) electrons. The fraction of sp³-hybridized carbons (Fsp3) is 0.425. The molecule has 0 aromatic rings. The Kier molecular flexibility index (Phi) is 13.7. The number of carbonyl (C=O) groups is 1. The van der Waals surface area contributed by atoms with E-state index in [4.69, 9.17) is 4.74 Å². The van der Waals surface area contributed by atoms with E-state index in [1.165, 1.54) is 0 Å². The number of ether oxygens (including phenoxy) is 1. The van der Waals surface area contributed by atoms with E-state index in [1.807, 2.05) is 44.2 Å². The quantitative estimate of drug-likeness (QED) is 0.174. The first-order chi connectivity index (χ1) is 20.2. The van der Waals surface area contributed by atoms with Crippen LogP contribution in [0.4, 0.5) is 0 Å². The number of hydrogen-bond donors (Lipinski definition) is 1. The lowest BCUT2D eigenvalue weighted by atomic mass is 9.62. The lowest BCUT2D eigenvalue weighted by Gasteiger charge is -2.40. The summed E-state index contributed by atoms with van der Waals surface area (Å²) >= 11 is 0. The highest BCUT2D eigenvalue weighted by Gasteiger charge is 2.65. The van der Waals surface area contributed by atoms with Crippen LogP contribution in [-0.4, -0.2) is 22.6 Å². The number of aliphatic hydroxyl groups is 1. The Morgan fingerprint density at radius 3 is 1.77 bits per heavy atom. The lowest BCUT2D eigenvalue weighted by Crippen LogP contribution is -2.47. The molecule has 2 heterocycles. The average molecular weight is 583 g/mol. The van der Waals surface area contributed by atoms with Crippen molar-refractivity contribution in [3.63, 3.8) is 0 Å². The molecule has 232 valence electrons. The van der Waals surface area contributed by atoms with E-state index < -0.39 is 5.60 Å². The first-order valence-electron chi connectivity index (χ1n) is 15.5. The number of aliphatic hydroxyl groups excluding tert-OH is 1. The first kappa shape index (κ1) is 35.8. The van der Waals surface area contributed by atoms with Gasteiger partial charge in [-0.1, -0.05) is 154 Å². The largest absolute Gasteiger partial charge is 0.512 e. The van der Waals surface area contributed by atoms with Crippen molar-refractivity contribution in [3.8, 4) is 0 Å². The molecule has 43 heavy (non-hydrogen) atoms. The van der Waals surface area contributed by atoms with Gasteiger partial charge >= 0.3 is 0 Å². The summed E-state index contributed by atoms with van der Waals surface area (Å²) in [7, 11) is 0. The Balaban J connectivity index is 1.86. The first-order valence-corrected chi connectivity index (χ1v) is 15.5. The molecule has 0 unspecified atom stereocenters. The zero-order valence-electron chi connectivity index (χ0n) is 28.1. The Morgan fingerprint density at radius 1 is 0.814 bits per heavy atom. The van der Waals surface area contributed by atoms with Crippen molar-refractivity contribution in [2.45, 2.75) is 93.8 Å². The summed E-state index contributed by atoms with van der Waals surface area (Å²) in [5.74, 6) is 0.912. The molecule has 3 nitrogen and oxygen atoms in total. The Hall–Kier alpha value is -3.43. The van der Waals surface area contributed by atoms with Gasteiger partial charge in [-0.25, -0.2) is 0 Å². The van der Waals surface area contributed by atoms with Crippen molar-refractivity contribution in [1.82, 2.24) is 0 Å². The zero-order chi connectivity index (χ0) is 32.2. The normalized spacial score (nSPS) is 26.3. The second-order valence-corrected chi connectivity index (χ2v) is 13.1. The van der Waals surface area contributed by atoms with Crippen LogP contribution >= 0.6 is 0 Å². The summed E-state index contributed by atoms with van der Waals surface area (Å²) in [6.45, 7) is 20.9. The van der Waals surface area contributed by atoms with Gasteiger partial charge in [0.2, 0.25) is 0 Å². The molecular formula is C40H54O3. The van der Waals surface area contributed by atoms with E-state index in [0.717, 1.165) is 34.3 Å². The van der Waals surface area contributed by atoms with Crippen molar-refractivity contribution >= 4 is 5.78 Å². The van der Waals surface area contributed by atoms with Crippen LogP contribution in [0.5, 0.6) is 0 Å². The molecule has 2 rings (SSSR count). The summed E-state index contributed by atoms with van der Waals surface area (Å²) < 4.78 is 6.21. The molecule has 2 aliphatic heterocycles. The van der Waals surface area contributed by atoms with Crippen molar-refractivity contribution in [2.75, 3.05) is 0 Å². The summed E-state index contributed by atoms with van der Waals surface area (Å²) in [6, 6.07) is 0. The van der Waals surface area contributed by atoms with Crippen LogP contribution in [0.25, 0.3) is 0 Å². The van der Waals surface area contributed by atoms with Gasteiger partial charge in [-0.3, -0.25) is 4.79 Å². The van der Waals surface area contributed by atoms with Crippen LogP contribution in [0.1, 0.15) is 82.1 Å². The van der Waals surface area contributed by atoms with Crippen molar-refractivity contribution in [2.24, 2.45) is 17.3 Å². The van der Waals surface area contributed by atoms with Gasteiger partial charge in [-0.2, -0.15) is 0 Å². The number of fused-ring (bicyclic) bond motifs is 2. The van der Waals surface area contributed by atoms with Gasteiger partial charge in [-0.05, 0) is 53.0 Å². The second-order valence-electron chi connectivity index (χ2n) is 13.1. The fourth-order valence-electron chi connectivity index (χ4n) is 5.55. The topological polar surface area (TPSA) is 46.5 Å². The molecule has 2 fully saturated rings. The summed E-state index contributed by atoms with van der Waals surface area (Å²) in [5, 5.41) is 9.95. The van der Waals surface area contributed by atoms with Crippen molar-refractivity contribution < 1.29 is 14.6 Å². The zero-order valence-corrected chi connectivity index (χ0v) is 28.1. The molecule has 2 saturated heterocycles. The van der Waals surface area contributed by atoms with Crippen LogP contribution in [0.3, 0.4) is 0 Å². The van der Waals surface area contributed by atoms with Crippen LogP contribution in [0.2, 0.25) is 0 Å². The maximum absolute atomic E-state index is 12.4. The summed E-state index contributed by atoms with van der Waals surface area (Å²) in [5.41, 5.74) is 5.17. The third-order valence-electron chi connectivity index (χ3n) is 8.06. The van der Waals surface area contributed by atoms with Crippen molar-refractivity contribution in [3.05, 3.63) is 131 Å². The maximum Gasteiger partial charge on any atom is 0.167 e. The minimum atomic E-state index is -0.505. The predicted octanol–water partition coefficient (Wildman–Crippen LogP) is 10.8. The van der Waals surface area contributed by atoms with Crippen LogP contribution in [-0.2, 0) is 9.53 Å². The minimum Gasteiger partial charge on any atom is -0.512 e. The standard InChI is InChI=1S/C40H54O3/c1-29(2)26-36(41)27-34(7)23-15-21-32(5)20-13-18-30(3)16-11-12-17-31(4)19-14-22-33(6)24-25-40-35(8)38(42)37(43-40)28-39(40,9)10/h11-26,29,35,37,41H,27-28H2,1-10H3/b12-11+,18-13+,19-14+,21-15+,25-24+,30-16+,31-17+,32-20+,33-22+,34-23+,36-26+/t35-,37-,40-/m0/s1. The van der Waals surface area contributed by atoms with Gasteiger partial charge in [0.1, 0.15) is 11.7 Å². The van der Waals surface area contributed by atoms with Gasteiger partial charge in [0, 0.05) is 11.8 Å². The monoisotopic (exact) mass is 582 g/mol. The number of allylic oxidation sites excluding steroid dienone is 20. The SMILES string of the molecule is CC(/C=C/C=C(C)/C=C/C=C(\C)C/C(O)=C\C(C)C)=C\C=C\C=C(C)\C=C\C=C(C)\C=C\[C@@]12O[C@@H](CC1(C)C)C(=O)[C@@H]2C. The van der Waals surface area contributed by atoms with E-state index in [0.29, 0.717) is 18.1 Å². The Labute approximate surface area is 261 Å².